The molecule has 24 heavy (non-hydrogen) atoms. The van der Waals surface area contributed by atoms with E-state index in [1.807, 2.05) is 32.0 Å². The molecule has 124 valence electrons. The number of halogens is 1. The zero-order valence-corrected chi connectivity index (χ0v) is 14.5. The normalized spacial score (nSPS) is 15.2. The van der Waals surface area contributed by atoms with Crippen LogP contribution in [0.1, 0.15) is 30.1 Å². The SMILES string of the molecule is Cc1cc(N2CCC(Nc3ccc(Cl)c(C#N)n3)CC2)nc(C)n1. The van der Waals surface area contributed by atoms with Crippen LogP contribution in [0.25, 0.3) is 0 Å². The number of nitrogens with one attached hydrogen (secondary N) is 1. The van der Waals surface area contributed by atoms with Crippen molar-refractivity contribution in [1.82, 2.24) is 15.0 Å². The molecule has 0 radical (unpaired) electrons. The van der Waals surface area contributed by atoms with Gasteiger partial charge in [-0.3, -0.25) is 0 Å². The number of aromatic nitrogens is 3. The summed E-state index contributed by atoms with van der Waals surface area (Å²) in [5, 5.41) is 12.8. The summed E-state index contributed by atoms with van der Waals surface area (Å²) in [6.07, 6.45) is 1.96. The Morgan fingerprint density at radius 2 is 1.96 bits per heavy atom. The maximum atomic E-state index is 9.01. The highest BCUT2D eigenvalue weighted by atomic mass is 35.5. The van der Waals surface area contributed by atoms with Crippen LogP contribution in [0.15, 0.2) is 18.2 Å². The van der Waals surface area contributed by atoms with E-state index in [1.54, 1.807) is 6.07 Å². The first-order chi connectivity index (χ1) is 11.5. The van der Waals surface area contributed by atoms with E-state index in [2.05, 4.69) is 25.2 Å². The molecule has 1 saturated heterocycles. The number of aryl methyl sites for hydroxylation is 2. The maximum Gasteiger partial charge on any atom is 0.161 e. The van der Waals surface area contributed by atoms with E-state index in [4.69, 9.17) is 16.9 Å². The number of anilines is 2. The largest absolute Gasteiger partial charge is 0.367 e. The lowest BCUT2D eigenvalue weighted by atomic mass is 10.0. The van der Waals surface area contributed by atoms with E-state index < -0.39 is 0 Å². The Morgan fingerprint density at radius 3 is 2.62 bits per heavy atom. The number of nitriles is 1. The molecule has 0 aliphatic carbocycles. The van der Waals surface area contributed by atoms with Gasteiger partial charge in [0, 0.05) is 30.9 Å². The quantitative estimate of drug-likeness (QED) is 0.923. The second kappa shape index (κ2) is 7.02. The Kier molecular flexibility index (Phi) is 4.81. The molecule has 1 fully saturated rings. The van der Waals surface area contributed by atoms with Gasteiger partial charge in [0.1, 0.15) is 23.5 Å². The number of rotatable bonds is 3. The first kappa shape index (κ1) is 16.5. The van der Waals surface area contributed by atoms with Crippen LogP contribution in [0.3, 0.4) is 0 Å². The maximum absolute atomic E-state index is 9.01. The Bertz CT molecular complexity index is 757. The molecule has 1 aliphatic rings. The van der Waals surface area contributed by atoms with Gasteiger partial charge >= 0.3 is 0 Å². The van der Waals surface area contributed by atoms with Crippen LogP contribution < -0.4 is 10.2 Å². The third-order valence-corrected chi connectivity index (χ3v) is 4.38. The molecular formula is C17H19ClN6. The van der Waals surface area contributed by atoms with Crippen molar-refractivity contribution in [2.45, 2.75) is 32.7 Å². The summed E-state index contributed by atoms with van der Waals surface area (Å²) in [6.45, 7) is 5.76. The smallest absolute Gasteiger partial charge is 0.161 e. The highest BCUT2D eigenvalue weighted by Crippen LogP contribution is 2.22. The van der Waals surface area contributed by atoms with E-state index in [1.165, 1.54) is 0 Å². The average Bonchev–Trinajstić information content (AvgIpc) is 2.56. The Hall–Kier alpha value is -2.39. The van der Waals surface area contributed by atoms with Gasteiger partial charge in [0.2, 0.25) is 0 Å². The lowest BCUT2D eigenvalue weighted by Gasteiger charge is -2.33. The first-order valence-electron chi connectivity index (χ1n) is 7.95. The molecule has 2 aromatic rings. The molecule has 0 bridgehead atoms. The van der Waals surface area contributed by atoms with Gasteiger partial charge in [-0.1, -0.05) is 11.6 Å². The molecule has 2 aromatic heterocycles. The van der Waals surface area contributed by atoms with Crippen molar-refractivity contribution in [2.24, 2.45) is 0 Å². The second-order valence-corrected chi connectivity index (χ2v) is 6.37. The van der Waals surface area contributed by atoms with Crippen LogP contribution >= 0.6 is 11.6 Å². The van der Waals surface area contributed by atoms with Crippen molar-refractivity contribution in [3.8, 4) is 6.07 Å². The molecule has 0 unspecified atom stereocenters. The molecule has 0 atom stereocenters. The molecule has 1 N–H and O–H groups in total. The lowest BCUT2D eigenvalue weighted by molar-refractivity contribution is 0.521. The van der Waals surface area contributed by atoms with Gasteiger partial charge in [-0.25, -0.2) is 15.0 Å². The van der Waals surface area contributed by atoms with Crippen molar-refractivity contribution in [3.05, 3.63) is 40.4 Å². The molecule has 1 aliphatic heterocycles. The van der Waals surface area contributed by atoms with Crippen molar-refractivity contribution in [3.63, 3.8) is 0 Å². The molecular weight excluding hydrogens is 324 g/mol. The van der Waals surface area contributed by atoms with E-state index >= 15 is 0 Å². The van der Waals surface area contributed by atoms with Gasteiger partial charge < -0.3 is 10.2 Å². The Labute approximate surface area is 146 Å². The summed E-state index contributed by atoms with van der Waals surface area (Å²) < 4.78 is 0. The Balaban J connectivity index is 1.62. The van der Waals surface area contributed by atoms with Gasteiger partial charge in [-0.05, 0) is 38.8 Å². The number of pyridine rings is 1. The molecule has 3 rings (SSSR count). The first-order valence-corrected chi connectivity index (χ1v) is 8.33. The third-order valence-electron chi connectivity index (χ3n) is 4.08. The molecule has 0 spiro atoms. The summed E-state index contributed by atoms with van der Waals surface area (Å²) in [6, 6.07) is 7.88. The highest BCUT2D eigenvalue weighted by molar-refractivity contribution is 6.31. The number of hydrogen-bond donors (Lipinski definition) is 1. The molecule has 0 saturated carbocycles. The van der Waals surface area contributed by atoms with Gasteiger partial charge in [-0.2, -0.15) is 5.26 Å². The molecule has 6 nitrogen and oxygen atoms in total. The van der Waals surface area contributed by atoms with E-state index in [9.17, 15) is 0 Å². The molecule has 0 aromatic carbocycles. The summed E-state index contributed by atoms with van der Waals surface area (Å²) in [4.78, 5) is 15.4. The summed E-state index contributed by atoms with van der Waals surface area (Å²) in [5.74, 6) is 2.50. The minimum Gasteiger partial charge on any atom is -0.367 e. The van der Waals surface area contributed by atoms with E-state index in [0.717, 1.165) is 43.3 Å². The Morgan fingerprint density at radius 1 is 1.21 bits per heavy atom. The predicted octanol–water partition coefficient (Wildman–Crippen LogP) is 3.09. The minimum absolute atomic E-state index is 0.256. The van der Waals surface area contributed by atoms with Crippen molar-refractivity contribution >= 4 is 23.2 Å². The zero-order chi connectivity index (χ0) is 17.1. The fourth-order valence-electron chi connectivity index (χ4n) is 2.92. The van der Waals surface area contributed by atoms with E-state index in [-0.39, 0.29) is 5.69 Å². The topological polar surface area (TPSA) is 77.7 Å². The van der Waals surface area contributed by atoms with Crippen molar-refractivity contribution < 1.29 is 0 Å². The van der Waals surface area contributed by atoms with Gasteiger partial charge in [0.25, 0.3) is 0 Å². The zero-order valence-electron chi connectivity index (χ0n) is 13.8. The molecule has 7 heteroatoms. The number of nitrogens with zero attached hydrogens (tertiary/aromatic N) is 5. The minimum atomic E-state index is 0.256. The standard InChI is InChI=1S/C17H19ClN6/c1-11-9-17(21-12(2)20-11)24-7-5-13(6-8-24)22-16-4-3-14(18)15(10-19)23-16/h3-4,9,13H,5-8H2,1-2H3,(H,22,23). The van der Waals surface area contributed by atoms with Crippen LogP contribution in [0, 0.1) is 25.2 Å². The van der Waals surface area contributed by atoms with Gasteiger partial charge in [-0.15, -0.1) is 0 Å². The van der Waals surface area contributed by atoms with Crippen molar-refractivity contribution in [2.75, 3.05) is 23.3 Å². The molecule has 0 amide bonds. The van der Waals surface area contributed by atoms with Crippen LogP contribution in [0.4, 0.5) is 11.6 Å². The monoisotopic (exact) mass is 342 g/mol. The van der Waals surface area contributed by atoms with Gasteiger partial charge in [0.05, 0.1) is 5.02 Å². The summed E-state index contributed by atoms with van der Waals surface area (Å²) in [5.41, 5.74) is 1.25. The van der Waals surface area contributed by atoms with E-state index in [0.29, 0.717) is 16.9 Å². The average molecular weight is 343 g/mol. The summed E-state index contributed by atoms with van der Waals surface area (Å²) >= 11 is 5.92. The fraction of sp³-hybridized carbons (Fsp3) is 0.412. The molecule has 3 heterocycles. The number of piperidine rings is 1. The highest BCUT2D eigenvalue weighted by Gasteiger charge is 2.21. The van der Waals surface area contributed by atoms with Crippen LogP contribution in [-0.2, 0) is 0 Å². The summed E-state index contributed by atoms with van der Waals surface area (Å²) in [7, 11) is 0. The van der Waals surface area contributed by atoms with Crippen LogP contribution in [0.5, 0.6) is 0 Å². The van der Waals surface area contributed by atoms with Gasteiger partial charge in [0.15, 0.2) is 5.69 Å². The van der Waals surface area contributed by atoms with Crippen molar-refractivity contribution in [1.29, 1.82) is 5.26 Å². The second-order valence-electron chi connectivity index (χ2n) is 5.96. The third kappa shape index (κ3) is 3.74. The van der Waals surface area contributed by atoms with Crippen LogP contribution in [0.2, 0.25) is 5.02 Å². The van der Waals surface area contributed by atoms with Crippen LogP contribution in [-0.4, -0.2) is 34.1 Å². The fourth-order valence-corrected chi connectivity index (χ4v) is 3.07. The lowest BCUT2D eigenvalue weighted by Crippen LogP contribution is -2.39. The number of hydrogen-bond acceptors (Lipinski definition) is 6. The predicted molar refractivity (Wildman–Crippen MR) is 94.3 cm³/mol.